The van der Waals surface area contributed by atoms with E-state index in [1.165, 1.54) is 10.5 Å². The average Bonchev–Trinajstić information content (AvgIpc) is 3.01. The summed E-state index contributed by atoms with van der Waals surface area (Å²) in [5.41, 5.74) is 1.21. The lowest BCUT2D eigenvalue weighted by Gasteiger charge is -2.42. The topological polar surface area (TPSA) is 75.2 Å². The number of ether oxygens (including phenoxy) is 2. The van der Waals surface area contributed by atoms with Crippen molar-refractivity contribution in [3.05, 3.63) is 59.9 Å². The number of carbonyl (C=O) groups is 2. The standard InChI is InChI=1S/C24H30N4O4/c1-31-14-13-28-23(30)27(18-20-6-4-10-25-16-20)22(29)24(28)8-11-26(12-9-24)17-19-5-3-7-21(15-19)32-2/h3-7,10,15-16H,8-9,11-14,17-18H2,1-2H3. The molecule has 0 bridgehead atoms. The summed E-state index contributed by atoms with van der Waals surface area (Å²) in [6.07, 6.45) is 4.59. The van der Waals surface area contributed by atoms with Gasteiger partial charge >= 0.3 is 6.03 Å². The van der Waals surface area contributed by atoms with E-state index in [2.05, 4.69) is 16.0 Å². The zero-order valence-corrected chi connectivity index (χ0v) is 18.7. The molecule has 0 N–H and O–H groups in total. The lowest BCUT2D eigenvalue weighted by Crippen LogP contribution is -2.57. The summed E-state index contributed by atoms with van der Waals surface area (Å²) < 4.78 is 10.6. The van der Waals surface area contributed by atoms with Gasteiger partial charge in [0.1, 0.15) is 11.3 Å². The molecule has 2 aliphatic rings. The van der Waals surface area contributed by atoms with Crippen molar-refractivity contribution in [1.82, 2.24) is 19.7 Å². The Morgan fingerprint density at radius 3 is 2.50 bits per heavy atom. The van der Waals surface area contributed by atoms with Gasteiger partial charge in [0.05, 0.1) is 20.3 Å². The van der Waals surface area contributed by atoms with Crippen LogP contribution in [0.2, 0.25) is 0 Å². The van der Waals surface area contributed by atoms with Crippen LogP contribution in [0.5, 0.6) is 5.75 Å². The van der Waals surface area contributed by atoms with Crippen LogP contribution >= 0.6 is 0 Å². The highest BCUT2D eigenvalue weighted by atomic mass is 16.5. The third-order valence-corrected chi connectivity index (χ3v) is 6.43. The molecule has 32 heavy (non-hydrogen) atoms. The molecule has 0 saturated carbocycles. The van der Waals surface area contributed by atoms with Gasteiger partial charge in [0.2, 0.25) is 0 Å². The Hall–Kier alpha value is -2.97. The second kappa shape index (κ2) is 9.67. The van der Waals surface area contributed by atoms with E-state index in [4.69, 9.17) is 9.47 Å². The Bertz CT molecular complexity index is 944. The fourth-order valence-electron chi connectivity index (χ4n) is 4.68. The third-order valence-electron chi connectivity index (χ3n) is 6.43. The van der Waals surface area contributed by atoms with Crippen molar-refractivity contribution in [2.45, 2.75) is 31.5 Å². The zero-order chi connectivity index (χ0) is 22.6. The molecule has 2 aromatic rings. The maximum atomic E-state index is 13.6. The largest absolute Gasteiger partial charge is 0.497 e. The van der Waals surface area contributed by atoms with Crippen LogP contribution < -0.4 is 4.74 Å². The smallest absolute Gasteiger partial charge is 0.328 e. The number of nitrogens with zero attached hydrogens (tertiary/aromatic N) is 4. The van der Waals surface area contributed by atoms with Gasteiger partial charge in [-0.1, -0.05) is 18.2 Å². The lowest BCUT2D eigenvalue weighted by atomic mass is 9.85. The van der Waals surface area contributed by atoms with Crippen molar-refractivity contribution in [3.63, 3.8) is 0 Å². The predicted molar refractivity (Wildman–Crippen MR) is 119 cm³/mol. The van der Waals surface area contributed by atoms with E-state index in [9.17, 15) is 9.59 Å². The normalized spacial score (nSPS) is 18.6. The summed E-state index contributed by atoms with van der Waals surface area (Å²) >= 11 is 0. The van der Waals surface area contributed by atoms with Gasteiger partial charge in [0.15, 0.2) is 0 Å². The van der Waals surface area contributed by atoms with Crippen molar-refractivity contribution >= 4 is 11.9 Å². The zero-order valence-electron chi connectivity index (χ0n) is 18.7. The molecule has 0 aliphatic carbocycles. The van der Waals surface area contributed by atoms with E-state index in [-0.39, 0.29) is 18.5 Å². The molecule has 0 atom stereocenters. The van der Waals surface area contributed by atoms with E-state index < -0.39 is 5.54 Å². The molecule has 3 heterocycles. The number of hydrogen-bond acceptors (Lipinski definition) is 6. The minimum Gasteiger partial charge on any atom is -0.497 e. The number of urea groups is 1. The second-order valence-electron chi connectivity index (χ2n) is 8.34. The van der Waals surface area contributed by atoms with Crippen LogP contribution in [0.25, 0.3) is 0 Å². The molecule has 2 saturated heterocycles. The van der Waals surface area contributed by atoms with Crippen molar-refractivity contribution in [2.75, 3.05) is 40.5 Å². The second-order valence-corrected chi connectivity index (χ2v) is 8.34. The van der Waals surface area contributed by atoms with Gasteiger partial charge in [-0.05, 0) is 42.2 Å². The highest BCUT2D eigenvalue weighted by Gasteiger charge is 2.57. The highest BCUT2D eigenvalue weighted by Crippen LogP contribution is 2.38. The van der Waals surface area contributed by atoms with Crippen LogP contribution in [0, 0.1) is 0 Å². The first-order valence-corrected chi connectivity index (χ1v) is 10.9. The van der Waals surface area contributed by atoms with Crippen LogP contribution in [-0.4, -0.2) is 77.6 Å². The number of carbonyl (C=O) groups excluding carboxylic acids is 2. The minimum atomic E-state index is -0.803. The first-order chi connectivity index (χ1) is 15.6. The Morgan fingerprint density at radius 1 is 1.03 bits per heavy atom. The number of amides is 3. The number of benzene rings is 1. The van der Waals surface area contributed by atoms with Crippen molar-refractivity contribution < 1.29 is 19.1 Å². The lowest BCUT2D eigenvalue weighted by molar-refractivity contribution is -0.136. The van der Waals surface area contributed by atoms with E-state index in [1.54, 1.807) is 31.5 Å². The molecule has 1 aromatic heterocycles. The molecule has 170 valence electrons. The Kier molecular flexibility index (Phi) is 6.72. The fraction of sp³-hybridized carbons (Fsp3) is 0.458. The van der Waals surface area contributed by atoms with Crippen molar-refractivity contribution in [3.8, 4) is 5.75 Å². The quantitative estimate of drug-likeness (QED) is 0.590. The fourth-order valence-corrected chi connectivity index (χ4v) is 4.68. The molecule has 2 aliphatic heterocycles. The SMILES string of the molecule is COCCN1C(=O)N(Cc2cccnc2)C(=O)C12CCN(Cc1cccc(OC)c1)CC2. The van der Waals surface area contributed by atoms with Crippen molar-refractivity contribution in [2.24, 2.45) is 0 Å². The number of rotatable bonds is 8. The maximum Gasteiger partial charge on any atom is 0.328 e. The number of hydrogen-bond donors (Lipinski definition) is 0. The summed E-state index contributed by atoms with van der Waals surface area (Å²) in [5.74, 6) is 0.729. The van der Waals surface area contributed by atoms with Gasteiger partial charge < -0.3 is 14.4 Å². The third kappa shape index (κ3) is 4.33. The molecule has 1 spiro atoms. The number of piperidine rings is 1. The Morgan fingerprint density at radius 2 is 1.81 bits per heavy atom. The number of pyridine rings is 1. The van der Waals surface area contributed by atoms with Gasteiger partial charge in [0.25, 0.3) is 5.91 Å². The van der Waals surface area contributed by atoms with Gasteiger partial charge in [-0.3, -0.25) is 19.6 Å². The molecular formula is C24H30N4O4. The van der Waals surface area contributed by atoms with Gasteiger partial charge in [-0.2, -0.15) is 0 Å². The van der Waals surface area contributed by atoms with Gasteiger partial charge in [-0.15, -0.1) is 0 Å². The minimum absolute atomic E-state index is 0.108. The summed E-state index contributed by atoms with van der Waals surface area (Å²) in [7, 11) is 3.28. The molecule has 2 fully saturated rings. The summed E-state index contributed by atoms with van der Waals surface area (Å²) in [6.45, 7) is 3.30. The van der Waals surface area contributed by atoms with Crippen molar-refractivity contribution in [1.29, 1.82) is 0 Å². The van der Waals surface area contributed by atoms with E-state index in [0.29, 0.717) is 26.0 Å². The van der Waals surface area contributed by atoms with Gasteiger partial charge in [-0.25, -0.2) is 4.79 Å². The number of imide groups is 1. The highest BCUT2D eigenvalue weighted by molar-refractivity contribution is 6.07. The average molecular weight is 439 g/mol. The number of likely N-dealkylation sites (tertiary alicyclic amines) is 1. The summed E-state index contributed by atoms with van der Waals surface area (Å²) in [6, 6.07) is 11.5. The molecular weight excluding hydrogens is 408 g/mol. The molecule has 8 nitrogen and oxygen atoms in total. The number of aromatic nitrogens is 1. The van der Waals surface area contributed by atoms with Crippen LogP contribution in [-0.2, 0) is 22.6 Å². The van der Waals surface area contributed by atoms with Crippen LogP contribution in [0.1, 0.15) is 24.0 Å². The molecule has 8 heteroatoms. The molecule has 4 rings (SSSR count). The Labute approximate surface area is 188 Å². The predicted octanol–water partition coefficient (Wildman–Crippen LogP) is 2.54. The first kappa shape index (κ1) is 22.2. The van der Waals surface area contributed by atoms with Crippen LogP contribution in [0.15, 0.2) is 48.8 Å². The maximum absolute atomic E-state index is 13.6. The summed E-state index contributed by atoms with van der Waals surface area (Å²) in [4.78, 5) is 36.4. The molecule has 1 aromatic carbocycles. The monoisotopic (exact) mass is 438 g/mol. The van der Waals surface area contributed by atoms with Crippen LogP contribution in [0.3, 0.4) is 0 Å². The van der Waals surface area contributed by atoms with E-state index in [1.807, 2.05) is 30.3 Å². The molecule has 0 unspecified atom stereocenters. The van der Waals surface area contributed by atoms with E-state index >= 15 is 0 Å². The first-order valence-electron chi connectivity index (χ1n) is 10.9. The molecule has 3 amide bonds. The summed E-state index contributed by atoms with van der Waals surface area (Å²) in [5, 5.41) is 0. The van der Waals surface area contributed by atoms with Gasteiger partial charge in [0, 0.05) is 45.7 Å². The number of methoxy groups -OCH3 is 2. The Balaban J connectivity index is 1.49. The van der Waals surface area contributed by atoms with Crippen LogP contribution in [0.4, 0.5) is 4.79 Å². The molecule has 0 radical (unpaired) electrons. The van der Waals surface area contributed by atoms with E-state index in [0.717, 1.165) is 30.9 Å².